The Kier molecular flexibility index (Phi) is 10.1. The summed E-state index contributed by atoms with van der Waals surface area (Å²) in [6.07, 6.45) is 0. The molecule has 2 fully saturated rings. The summed E-state index contributed by atoms with van der Waals surface area (Å²) in [7, 11) is 2.21. The SMILES string of the molecule is CCNC(=NCc1ccccc1CN1CCOCC1)NCC(C)CN1CCN(C)CC1. The lowest BCUT2D eigenvalue weighted by Crippen LogP contribution is -2.47. The smallest absolute Gasteiger partial charge is 0.191 e. The predicted octanol–water partition coefficient (Wildman–Crippen LogP) is 1.46. The monoisotopic (exact) mass is 430 g/mol. The summed E-state index contributed by atoms with van der Waals surface area (Å²) in [5, 5.41) is 6.97. The molecule has 0 radical (unpaired) electrons. The molecule has 7 nitrogen and oxygen atoms in total. The second-order valence-corrected chi connectivity index (χ2v) is 8.94. The molecule has 2 aliphatic heterocycles. The number of piperazine rings is 1. The molecule has 0 saturated carbocycles. The first kappa shape index (κ1) is 24.0. The zero-order valence-corrected chi connectivity index (χ0v) is 19.8. The molecule has 1 aromatic carbocycles. The van der Waals surface area contributed by atoms with Crippen LogP contribution in [0, 0.1) is 5.92 Å². The molecule has 174 valence electrons. The van der Waals surface area contributed by atoms with Crippen molar-refractivity contribution in [3.05, 3.63) is 35.4 Å². The maximum Gasteiger partial charge on any atom is 0.191 e. The Morgan fingerprint density at radius 3 is 2.42 bits per heavy atom. The first-order chi connectivity index (χ1) is 15.1. The van der Waals surface area contributed by atoms with Gasteiger partial charge in [-0.15, -0.1) is 0 Å². The van der Waals surface area contributed by atoms with Crippen LogP contribution in [0.25, 0.3) is 0 Å². The molecule has 1 atom stereocenters. The Morgan fingerprint density at radius 2 is 1.71 bits per heavy atom. The van der Waals surface area contributed by atoms with Crippen molar-refractivity contribution < 1.29 is 4.74 Å². The lowest BCUT2D eigenvalue weighted by Gasteiger charge is -2.34. The number of aliphatic imine (C=N–C) groups is 1. The van der Waals surface area contributed by atoms with Crippen molar-refractivity contribution >= 4 is 5.96 Å². The van der Waals surface area contributed by atoms with Gasteiger partial charge in [0.2, 0.25) is 0 Å². The Bertz CT molecular complexity index is 668. The van der Waals surface area contributed by atoms with Gasteiger partial charge in [-0.3, -0.25) is 4.90 Å². The highest BCUT2D eigenvalue weighted by Crippen LogP contribution is 2.14. The minimum absolute atomic E-state index is 0.584. The molecule has 1 aromatic rings. The summed E-state index contributed by atoms with van der Waals surface area (Å²) < 4.78 is 5.49. The fraction of sp³-hybridized carbons (Fsp3) is 0.708. The highest BCUT2D eigenvalue weighted by atomic mass is 16.5. The maximum atomic E-state index is 5.49. The van der Waals surface area contributed by atoms with Crippen LogP contribution >= 0.6 is 0 Å². The lowest BCUT2D eigenvalue weighted by atomic mass is 10.1. The van der Waals surface area contributed by atoms with Gasteiger partial charge in [-0.25, -0.2) is 4.99 Å². The Labute approximate surface area is 188 Å². The molecule has 2 heterocycles. The van der Waals surface area contributed by atoms with E-state index in [9.17, 15) is 0 Å². The average molecular weight is 431 g/mol. The van der Waals surface area contributed by atoms with E-state index in [4.69, 9.17) is 9.73 Å². The van der Waals surface area contributed by atoms with Gasteiger partial charge in [0.1, 0.15) is 0 Å². The number of nitrogens with one attached hydrogen (secondary N) is 2. The first-order valence-corrected chi connectivity index (χ1v) is 11.9. The van der Waals surface area contributed by atoms with Crippen molar-refractivity contribution in [1.82, 2.24) is 25.3 Å². The van der Waals surface area contributed by atoms with Crippen LogP contribution in [-0.4, -0.2) is 99.8 Å². The van der Waals surface area contributed by atoms with Gasteiger partial charge in [-0.2, -0.15) is 0 Å². The number of ether oxygens (including phenoxy) is 1. The number of morpholine rings is 1. The molecule has 2 N–H and O–H groups in total. The quantitative estimate of drug-likeness (QED) is 0.457. The molecule has 1 unspecified atom stereocenters. The zero-order valence-electron chi connectivity index (χ0n) is 19.8. The van der Waals surface area contributed by atoms with Gasteiger partial charge in [0, 0.05) is 65.4 Å². The summed E-state index contributed by atoms with van der Waals surface area (Å²) in [4.78, 5) is 12.4. The van der Waals surface area contributed by atoms with Gasteiger partial charge in [0.15, 0.2) is 5.96 Å². The number of rotatable bonds is 9. The molecule has 31 heavy (non-hydrogen) atoms. The highest BCUT2D eigenvalue weighted by molar-refractivity contribution is 5.79. The second-order valence-electron chi connectivity index (χ2n) is 8.94. The highest BCUT2D eigenvalue weighted by Gasteiger charge is 2.16. The molecular weight excluding hydrogens is 388 g/mol. The molecule has 2 aliphatic rings. The van der Waals surface area contributed by atoms with Gasteiger partial charge < -0.3 is 25.2 Å². The molecule has 0 spiro atoms. The molecular formula is C24H42N6O. The molecule has 0 bridgehead atoms. The third kappa shape index (κ3) is 8.41. The van der Waals surface area contributed by atoms with Crippen LogP contribution in [0.2, 0.25) is 0 Å². The van der Waals surface area contributed by atoms with Crippen molar-refractivity contribution in [2.75, 3.05) is 79.2 Å². The number of hydrogen-bond donors (Lipinski definition) is 2. The second kappa shape index (κ2) is 13.0. The van der Waals surface area contributed by atoms with E-state index < -0.39 is 0 Å². The molecule has 2 saturated heterocycles. The summed E-state index contributed by atoms with van der Waals surface area (Å²) >= 11 is 0. The molecule has 3 rings (SSSR count). The Balaban J connectivity index is 1.51. The van der Waals surface area contributed by atoms with Crippen LogP contribution in [-0.2, 0) is 17.8 Å². The predicted molar refractivity (Wildman–Crippen MR) is 128 cm³/mol. The average Bonchev–Trinajstić information content (AvgIpc) is 2.79. The van der Waals surface area contributed by atoms with Gasteiger partial charge in [0.05, 0.1) is 19.8 Å². The van der Waals surface area contributed by atoms with Crippen LogP contribution in [0.4, 0.5) is 0 Å². The summed E-state index contributed by atoms with van der Waals surface area (Å²) in [6.45, 7) is 17.5. The maximum absolute atomic E-state index is 5.49. The summed E-state index contributed by atoms with van der Waals surface area (Å²) in [5.74, 6) is 1.50. The van der Waals surface area contributed by atoms with Crippen LogP contribution < -0.4 is 10.6 Å². The van der Waals surface area contributed by atoms with Gasteiger partial charge in [-0.1, -0.05) is 31.2 Å². The van der Waals surface area contributed by atoms with Crippen molar-refractivity contribution in [1.29, 1.82) is 0 Å². The van der Waals surface area contributed by atoms with Gasteiger partial charge in [-0.05, 0) is 31.0 Å². The topological polar surface area (TPSA) is 55.4 Å². The number of hydrogen-bond acceptors (Lipinski definition) is 5. The minimum atomic E-state index is 0.584. The fourth-order valence-electron chi connectivity index (χ4n) is 4.18. The Hall–Kier alpha value is -1.67. The zero-order chi connectivity index (χ0) is 21.9. The van der Waals surface area contributed by atoms with Crippen LogP contribution in [0.3, 0.4) is 0 Å². The molecule has 0 aromatic heterocycles. The van der Waals surface area contributed by atoms with E-state index in [0.717, 1.165) is 58.4 Å². The van der Waals surface area contributed by atoms with Gasteiger partial charge in [0.25, 0.3) is 0 Å². The van der Waals surface area contributed by atoms with Crippen LogP contribution in [0.15, 0.2) is 29.3 Å². The van der Waals surface area contributed by atoms with E-state index in [0.29, 0.717) is 12.5 Å². The summed E-state index contributed by atoms with van der Waals surface area (Å²) in [5.41, 5.74) is 2.67. The van der Waals surface area contributed by atoms with E-state index in [1.807, 2.05) is 0 Å². The fourth-order valence-corrected chi connectivity index (χ4v) is 4.18. The third-order valence-corrected chi connectivity index (χ3v) is 6.15. The van der Waals surface area contributed by atoms with E-state index in [-0.39, 0.29) is 0 Å². The number of benzene rings is 1. The number of nitrogens with zero attached hydrogens (tertiary/aromatic N) is 4. The van der Waals surface area contributed by atoms with Crippen LogP contribution in [0.5, 0.6) is 0 Å². The van der Waals surface area contributed by atoms with Crippen molar-refractivity contribution in [2.45, 2.75) is 26.9 Å². The van der Waals surface area contributed by atoms with Crippen LogP contribution in [0.1, 0.15) is 25.0 Å². The minimum Gasteiger partial charge on any atom is -0.379 e. The summed E-state index contributed by atoms with van der Waals surface area (Å²) in [6, 6.07) is 8.69. The Morgan fingerprint density at radius 1 is 1.00 bits per heavy atom. The number of guanidine groups is 1. The third-order valence-electron chi connectivity index (χ3n) is 6.15. The van der Waals surface area contributed by atoms with Crippen molar-refractivity contribution in [3.63, 3.8) is 0 Å². The van der Waals surface area contributed by atoms with E-state index >= 15 is 0 Å². The van der Waals surface area contributed by atoms with Crippen molar-refractivity contribution in [2.24, 2.45) is 10.9 Å². The molecule has 0 aliphatic carbocycles. The molecule has 0 amide bonds. The largest absolute Gasteiger partial charge is 0.379 e. The number of likely N-dealkylation sites (N-methyl/N-ethyl adjacent to an activating group) is 1. The van der Waals surface area contributed by atoms with Gasteiger partial charge >= 0.3 is 0 Å². The normalized spacial score (nSPS) is 20.5. The van der Waals surface area contributed by atoms with E-state index in [2.05, 4.69) is 70.5 Å². The standard InChI is InChI=1S/C24H42N6O/c1-4-25-24(26-17-21(2)19-29-11-9-28(3)10-12-29)27-18-22-7-5-6-8-23(22)20-30-13-15-31-16-14-30/h5-8,21H,4,9-20H2,1-3H3,(H2,25,26,27). The lowest BCUT2D eigenvalue weighted by molar-refractivity contribution is 0.0341. The molecule has 7 heteroatoms. The van der Waals surface area contributed by atoms with Crippen molar-refractivity contribution in [3.8, 4) is 0 Å². The first-order valence-electron chi connectivity index (χ1n) is 11.9. The van der Waals surface area contributed by atoms with E-state index in [1.54, 1.807) is 0 Å². The van der Waals surface area contributed by atoms with E-state index in [1.165, 1.54) is 37.3 Å².